The highest BCUT2D eigenvalue weighted by Gasteiger charge is 2.46. The number of hydrogen-bond donors (Lipinski definition) is 1. The highest BCUT2D eigenvalue weighted by molar-refractivity contribution is 6.30. The van der Waals surface area contributed by atoms with Crippen molar-refractivity contribution in [3.8, 4) is 11.5 Å². The summed E-state index contributed by atoms with van der Waals surface area (Å²) in [7, 11) is 3.10. The largest absolute Gasteiger partial charge is 0.497 e. The zero-order valence-corrected chi connectivity index (χ0v) is 20.0. The highest BCUT2D eigenvalue weighted by Crippen LogP contribution is 2.30. The molecule has 3 aromatic rings. The molecule has 1 heterocycles. The van der Waals surface area contributed by atoms with Gasteiger partial charge >= 0.3 is 6.03 Å². The van der Waals surface area contributed by atoms with Crippen molar-refractivity contribution >= 4 is 40.8 Å². The maximum absolute atomic E-state index is 13.4. The Labute approximate surface area is 208 Å². The summed E-state index contributed by atoms with van der Waals surface area (Å²) in [5.74, 6) is 0.410. The Morgan fingerprint density at radius 1 is 0.886 bits per heavy atom. The van der Waals surface area contributed by atoms with Crippen molar-refractivity contribution in [3.05, 3.63) is 83.4 Å². The van der Waals surface area contributed by atoms with Crippen molar-refractivity contribution < 1.29 is 23.9 Å². The summed E-state index contributed by atoms with van der Waals surface area (Å²) in [6.07, 6.45) is -0.198. The van der Waals surface area contributed by atoms with Crippen molar-refractivity contribution in [2.75, 3.05) is 24.4 Å². The van der Waals surface area contributed by atoms with Crippen LogP contribution in [0.5, 0.6) is 11.5 Å². The lowest BCUT2D eigenvalue weighted by Gasteiger charge is -2.22. The molecule has 8 nitrogen and oxygen atoms in total. The number of amides is 4. The fourth-order valence-electron chi connectivity index (χ4n) is 3.83. The van der Waals surface area contributed by atoms with Crippen molar-refractivity contribution in [1.29, 1.82) is 0 Å². The third-order valence-electron chi connectivity index (χ3n) is 5.67. The molecule has 1 saturated heterocycles. The number of benzene rings is 3. The predicted molar refractivity (Wildman–Crippen MR) is 133 cm³/mol. The van der Waals surface area contributed by atoms with E-state index in [1.165, 1.54) is 12.0 Å². The number of carbonyl (C=O) groups is 3. The molecule has 1 aliphatic heterocycles. The number of hydrogen-bond acceptors (Lipinski definition) is 5. The van der Waals surface area contributed by atoms with Crippen LogP contribution in [0, 0.1) is 0 Å². The molecule has 0 saturated carbocycles. The van der Waals surface area contributed by atoms with Gasteiger partial charge in [-0.15, -0.1) is 0 Å². The first kappa shape index (κ1) is 24.1. The Morgan fingerprint density at radius 3 is 2.03 bits per heavy atom. The van der Waals surface area contributed by atoms with E-state index in [1.54, 1.807) is 67.8 Å². The minimum absolute atomic E-state index is 0.153. The van der Waals surface area contributed by atoms with E-state index in [-0.39, 0.29) is 13.0 Å². The third kappa shape index (κ3) is 5.38. The molecule has 1 fully saturated rings. The zero-order chi connectivity index (χ0) is 24.9. The van der Waals surface area contributed by atoms with Crippen LogP contribution in [-0.4, -0.2) is 43.0 Å². The molecule has 4 rings (SSSR count). The van der Waals surface area contributed by atoms with Crippen LogP contribution in [0.4, 0.5) is 16.2 Å². The molecule has 0 aromatic heterocycles. The van der Waals surface area contributed by atoms with E-state index in [2.05, 4.69) is 5.32 Å². The Morgan fingerprint density at radius 2 is 1.46 bits per heavy atom. The quantitative estimate of drug-likeness (QED) is 0.458. The number of ether oxygens (including phenoxy) is 2. The molecule has 4 amide bonds. The van der Waals surface area contributed by atoms with Crippen molar-refractivity contribution in [1.82, 2.24) is 4.90 Å². The number of carbonyl (C=O) groups excluding carboxylic acids is 3. The average Bonchev–Trinajstić information content (AvgIpc) is 3.09. The molecule has 1 unspecified atom stereocenters. The molecule has 180 valence electrons. The first-order valence-electron chi connectivity index (χ1n) is 10.9. The Kier molecular flexibility index (Phi) is 7.22. The van der Waals surface area contributed by atoms with Gasteiger partial charge in [0.25, 0.3) is 5.91 Å². The first-order chi connectivity index (χ1) is 16.9. The molecule has 0 bridgehead atoms. The van der Waals surface area contributed by atoms with Gasteiger partial charge in [-0.05, 0) is 66.2 Å². The molecular weight excluding hydrogens is 470 g/mol. The zero-order valence-electron chi connectivity index (χ0n) is 19.2. The molecular formula is C26H24ClN3O5. The van der Waals surface area contributed by atoms with Gasteiger partial charge in [-0.2, -0.15) is 0 Å². The van der Waals surface area contributed by atoms with Gasteiger partial charge in [0.15, 0.2) is 0 Å². The van der Waals surface area contributed by atoms with E-state index < -0.39 is 23.9 Å². The summed E-state index contributed by atoms with van der Waals surface area (Å²) in [6, 6.07) is 19.0. The van der Waals surface area contributed by atoms with Crippen molar-refractivity contribution in [2.24, 2.45) is 0 Å². The van der Waals surface area contributed by atoms with Gasteiger partial charge in [0.2, 0.25) is 5.91 Å². The van der Waals surface area contributed by atoms with Crippen LogP contribution in [0.25, 0.3) is 0 Å². The van der Waals surface area contributed by atoms with Gasteiger partial charge < -0.3 is 19.7 Å². The van der Waals surface area contributed by atoms with Crippen LogP contribution >= 0.6 is 11.6 Å². The molecule has 1 atom stereocenters. The van der Waals surface area contributed by atoms with Crippen LogP contribution in [0.1, 0.15) is 12.0 Å². The smallest absolute Gasteiger partial charge is 0.332 e. The molecule has 9 heteroatoms. The van der Waals surface area contributed by atoms with E-state index in [0.29, 0.717) is 27.9 Å². The fourth-order valence-corrected chi connectivity index (χ4v) is 3.96. The molecule has 1 N–H and O–H groups in total. The Balaban J connectivity index is 1.59. The number of nitrogens with zero attached hydrogens (tertiary/aromatic N) is 2. The number of urea groups is 1. The second kappa shape index (κ2) is 10.5. The molecule has 3 aromatic carbocycles. The van der Waals surface area contributed by atoms with E-state index in [9.17, 15) is 14.4 Å². The summed E-state index contributed by atoms with van der Waals surface area (Å²) in [4.78, 5) is 42.2. The van der Waals surface area contributed by atoms with Crippen LogP contribution < -0.4 is 19.7 Å². The number of rotatable bonds is 8. The number of methoxy groups -OCH3 is 2. The molecule has 0 spiro atoms. The van der Waals surface area contributed by atoms with Crippen LogP contribution in [-0.2, 0) is 16.1 Å². The number of imide groups is 1. The lowest BCUT2D eigenvalue weighted by atomic mass is 10.1. The summed E-state index contributed by atoms with van der Waals surface area (Å²) in [5.41, 5.74) is 1.75. The van der Waals surface area contributed by atoms with Crippen LogP contribution in [0.2, 0.25) is 5.02 Å². The summed E-state index contributed by atoms with van der Waals surface area (Å²) >= 11 is 5.91. The van der Waals surface area contributed by atoms with Gasteiger partial charge in [0.1, 0.15) is 17.5 Å². The molecule has 1 aliphatic rings. The predicted octanol–water partition coefficient (Wildman–Crippen LogP) is 4.72. The highest BCUT2D eigenvalue weighted by atomic mass is 35.5. The SMILES string of the molecule is COc1ccc(CN2C(=O)N(c3ccc(OC)cc3)C(=O)C2CC(=O)Nc2ccc(Cl)cc2)cc1. The molecule has 35 heavy (non-hydrogen) atoms. The van der Waals surface area contributed by atoms with E-state index in [0.717, 1.165) is 10.5 Å². The maximum atomic E-state index is 13.4. The minimum atomic E-state index is -0.973. The van der Waals surface area contributed by atoms with Crippen LogP contribution in [0.15, 0.2) is 72.8 Å². The number of halogens is 1. The first-order valence-corrected chi connectivity index (χ1v) is 11.2. The van der Waals surface area contributed by atoms with Gasteiger partial charge in [-0.25, -0.2) is 9.69 Å². The standard InChI is InChI=1S/C26H24ClN3O5/c1-34-21-11-3-17(4-12-21)16-29-23(15-24(31)28-19-7-5-18(27)6-8-19)25(32)30(26(29)33)20-9-13-22(35-2)14-10-20/h3-14,23H,15-16H2,1-2H3,(H,28,31). The van der Waals surface area contributed by atoms with Gasteiger partial charge in [-0.3, -0.25) is 9.59 Å². The van der Waals surface area contributed by atoms with Crippen LogP contribution in [0.3, 0.4) is 0 Å². The van der Waals surface area contributed by atoms with E-state index >= 15 is 0 Å². The lowest BCUT2D eigenvalue weighted by Crippen LogP contribution is -2.37. The summed E-state index contributed by atoms with van der Waals surface area (Å²) < 4.78 is 10.4. The van der Waals surface area contributed by atoms with Gasteiger partial charge in [0.05, 0.1) is 26.3 Å². The topological polar surface area (TPSA) is 88.2 Å². The van der Waals surface area contributed by atoms with Crippen molar-refractivity contribution in [2.45, 2.75) is 19.0 Å². The number of anilines is 2. The lowest BCUT2D eigenvalue weighted by molar-refractivity contribution is -0.124. The second-order valence-corrected chi connectivity index (χ2v) is 8.34. The third-order valence-corrected chi connectivity index (χ3v) is 5.92. The summed E-state index contributed by atoms with van der Waals surface area (Å²) in [5, 5.41) is 3.30. The second-order valence-electron chi connectivity index (χ2n) is 7.91. The monoisotopic (exact) mass is 493 g/mol. The van der Waals surface area contributed by atoms with E-state index in [4.69, 9.17) is 21.1 Å². The minimum Gasteiger partial charge on any atom is -0.497 e. The summed E-state index contributed by atoms with van der Waals surface area (Å²) in [6.45, 7) is 0.153. The van der Waals surface area contributed by atoms with Gasteiger partial charge in [0, 0.05) is 17.3 Å². The van der Waals surface area contributed by atoms with E-state index in [1.807, 2.05) is 12.1 Å². The Hall–Kier alpha value is -4.04. The van der Waals surface area contributed by atoms with Gasteiger partial charge in [-0.1, -0.05) is 23.7 Å². The Bertz CT molecular complexity index is 1210. The normalized spacial score (nSPS) is 15.3. The molecule has 0 radical (unpaired) electrons. The average molecular weight is 494 g/mol. The van der Waals surface area contributed by atoms with Crippen molar-refractivity contribution in [3.63, 3.8) is 0 Å². The fraction of sp³-hybridized carbons (Fsp3) is 0.192. The number of nitrogens with one attached hydrogen (secondary N) is 1. The maximum Gasteiger partial charge on any atom is 0.332 e. The molecule has 0 aliphatic carbocycles.